The van der Waals surface area contributed by atoms with Gasteiger partial charge in [0.15, 0.2) is 5.82 Å². The molecule has 1 aliphatic heterocycles. The van der Waals surface area contributed by atoms with E-state index in [9.17, 15) is 14.0 Å². The second kappa shape index (κ2) is 8.95. The summed E-state index contributed by atoms with van der Waals surface area (Å²) in [6.07, 6.45) is 3.16. The molecule has 2 atom stereocenters. The summed E-state index contributed by atoms with van der Waals surface area (Å²) >= 11 is 0. The van der Waals surface area contributed by atoms with Crippen molar-refractivity contribution in [1.82, 2.24) is 15.5 Å². The number of rotatable bonds is 6. The molecule has 2 heterocycles. The minimum atomic E-state index is -0.438. The van der Waals surface area contributed by atoms with Gasteiger partial charge in [0.1, 0.15) is 11.9 Å². The zero-order valence-electron chi connectivity index (χ0n) is 17.8. The number of nitrogens with zero attached hydrogens (tertiary/aromatic N) is 2. The lowest BCUT2D eigenvalue weighted by atomic mass is 10.0. The van der Waals surface area contributed by atoms with Crippen molar-refractivity contribution in [3.05, 3.63) is 35.8 Å². The Morgan fingerprint density at radius 2 is 2.16 bits per heavy atom. The van der Waals surface area contributed by atoms with Gasteiger partial charge in [-0.05, 0) is 57.7 Å². The van der Waals surface area contributed by atoms with Crippen LogP contribution in [0.5, 0.6) is 0 Å². The Balaban J connectivity index is 1.35. The highest BCUT2D eigenvalue weighted by atomic mass is 19.1. The first-order chi connectivity index (χ1) is 14.9. The summed E-state index contributed by atoms with van der Waals surface area (Å²) in [7, 11) is 0. The van der Waals surface area contributed by atoms with Crippen molar-refractivity contribution < 1.29 is 18.7 Å². The average Bonchev–Trinajstić information content (AvgIpc) is 3.43. The number of halogens is 1. The normalized spacial score (nSPS) is 21.0. The Labute approximate surface area is 180 Å². The molecule has 1 aliphatic carbocycles. The molecule has 2 aromatic rings. The first-order valence-electron chi connectivity index (χ1n) is 10.8. The molecular weight excluding hydrogens is 401 g/mol. The molecular formula is C22H28FN5O3. The summed E-state index contributed by atoms with van der Waals surface area (Å²) in [5, 5.41) is 13.2. The van der Waals surface area contributed by atoms with Crippen LogP contribution in [0, 0.1) is 5.82 Å². The van der Waals surface area contributed by atoms with Crippen molar-refractivity contribution in [1.29, 1.82) is 0 Å². The largest absolute Gasteiger partial charge is 0.446 e. The quantitative estimate of drug-likeness (QED) is 0.639. The van der Waals surface area contributed by atoms with Crippen LogP contribution in [0.4, 0.5) is 26.4 Å². The second-order valence-electron chi connectivity index (χ2n) is 8.48. The molecule has 2 aliphatic rings. The number of carbonyl (C=O) groups excluding carboxylic acids is 2. The van der Waals surface area contributed by atoms with Crippen molar-refractivity contribution in [2.75, 3.05) is 16.8 Å². The fraction of sp³-hybridized carbons (Fsp3) is 0.500. The van der Waals surface area contributed by atoms with Crippen LogP contribution in [0.25, 0.3) is 0 Å². The van der Waals surface area contributed by atoms with Crippen molar-refractivity contribution in [3.63, 3.8) is 0 Å². The van der Waals surface area contributed by atoms with Gasteiger partial charge >= 0.3 is 6.09 Å². The van der Waals surface area contributed by atoms with Crippen LogP contribution < -0.4 is 15.5 Å². The monoisotopic (exact) mass is 429 g/mol. The van der Waals surface area contributed by atoms with Gasteiger partial charge in [0.05, 0.1) is 5.69 Å². The maximum Gasteiger partial charge on any atom is 0.407 e. The molecule has 2 fully saturated rings. The molecule has 1 saturated carbocycles. The third-order valence-corrected chi connectivity index (χ3v) is 5.69. The van der Waals surface area contributed by atoms with Crippen molar-refractivity contribution in [2.24, 2.45) is 0 Å². The minimum Gasteiger partial charge on any atom is -0.446 e. The van der Waals surface area contributed by atoms with E-state index in [4.69, 9.17) is 4.74 Å². The van der Waals surface area contributed by atoms with Gasteiger partial charge in [0.2, 0.25) is 5.91 Å². The molecule has 4 rings (SSSR count). The molecule has 9 heteroatoms. The first kappa shape index (κ1) is 21.1. The summed E-state index contributed by atoms with van der Waals surface area (Å²) < 4.78 is 20.0. The molecule has 1 saturated heterocycles. The fourth-order valence-corrected chi connectivity index (χ4v) is 4.21. The highest BCUT2D eigenvalue weighted by Gasteiger charge is 2.30. The minimum absolute atomic E-state index is 0.0423. The third kappa shape index (κ3) is 4.98. The Morgan fingerprint density at radius 1 is 1.32 bits per heavy atom. The van der Waals surface area contributed by atoms with E-state index in [-0.39, 0.29) is 30.1 Å². The van der Waals surface area contributed by atoms with E-state index < -0.39 is 5.82 Å². The van der Waals surface area contributed by atoms with Crippen molar-refractivity contribution in [2.45, 2.75) is 64.0 Å². The molecule has 0 bridgehead atoms. The van der Waals surface area contributed by atoms with Gasteiger partial charge in [-0.1, -0.05) is 0 Å². The van der Waals surface area contributed by atoms with E-state index in [2.05, 4.69) is 20.8 Å². The number of hydrogen-bond donors (Lipinski definition) is 3. The predicted molar refractivity (Wildman–Crippen MR) is 115 cm³/mol. The van der Waals surface area contributed by atoms with Gasteiger partial charge in [-0.15, -0.1) is 0 Å². The topological polar surface area (TPSA) is 99.3 Å². The third-order valence-electron chi connectivity index (χ3n) is 5.69. The highest BCUT2D eigenvalue weighted by Crippen LogP contribution is 2.36. The number of aromatic amines is 1. The zero-order valence-corrected chi connectivity index (χ0v) is 17.8. The number of H-pyrrole nitrogens is 1. The first-order valence-corrected chi connectivity index (χ1v) is 10.8. The second-order valence-corrected chi connectivity index (χ2v) is 8.48. The molecule has 0 radical (unpaired) electrons. The molecule has 8 nitrogen and oxygen atoms in total. The van der Waals surface area contributed by atoms with Crippen LogP contribution in [-0.2, 0) is 9.53 Å². The highest BCUT2D eigenvalue weighted by molar-refractivity contribution is 5.95. The lowest BCUT2D eigenvalue weighted by Crippen LogP contribution is -2.33. The predicted octanol–water partition coefficient (Wildman–Crippen LogP) is 4.19. The van der Waals surface area contributed by atoms with Crippen molar-refractivity contribution >= 4 is 29.2 Å². The molecule has 0 spiro atoms. The molecule has 1 aromatic heterocycles. The van der Waals surface area contributed by atoms with Crippen LogP contribution in [0.2, 0.25) is 0 Å². The van der Waals surface area contributed by atoms with Gasteiger partial charge in [-0.3, -0.25) is 9.89 Å². The number of carbonyl (C=O) groups is 2. The van der Waals surface area contributed by atoms with E-state index in [1.165, 1.54) is 11.0 Å². The van der Waals surface area contributed by atoms with Gasteiger partial charge in [-0.25, -0.2) is 9.18 Å². The van der Waals surface area contributed by atoms with E-state index in [0.29, 0.717) is 30.2 Å². The number of alkyl carbamates (subject to hydrolysis) is 1. The van der Waals surface area contributed by atoms with E-state index in [0.717, 1.165) is 31.4 Å². The number of amides is 2. The number of ether oxygens (including phenoxy) is 1. The Kier molecular flexibility index (Phi) is 6.11. The van der Waals surface area contributed by atoms with Gasteiger partial charge in [-0.2, -0.15) is 5.10 Å². The zero-order chi connectivity index (χ0) is 22.0. The summed E-state index contributed by atoms with van der Waals surface area (Å²) in [4.78, 5) is 25.1. The van der Waals surface area contributed by atoms with E-state index >= 15 is 0 Å². The number of hydrogen-bond acceptors (Lipinski definition) is 5. The average molecular weight is 429 g/mol. The smallest absolute Gasteiger partial charge is 0.407 e. The standard InChI is InChI=1S/C22H28FN5O3/c1-13(2)24-22(30)31-16-7-5-14(10-16)18-12-20(27-26-18)25-15-6-8-19(17(23)11-15)28-9-3-4-21(28)29/h6,8,11-14,16H,3-5,7,9-10H2,1-2H3,(H,24,30)(H2,25,26,27)/t14-,16+/m1/s1. The van der Waals surface area contributed by atoms with Crippen LogP contribution in [0.15, 0.2) is 24.3 Å². The lowest BCUT2D eigenvalue weighted by Gasteiger charge is -2.17. The molecule has 0 unspecified atom stereocenters. The lowest BCUT2D eigenvalue weighted by molar-refractivity contribution is -0.117. The van der Waals surface area contributed by atoms with Gasteiger partial charge in [0, 0.05) is 42.4 Å². The Bertz CT molecular complexity index is 960. The van der Waals surface area contributed by atoms with Gasteiger partial charge in [0.25, 0.3) is 0 Å². The molecule has 3 N–H and O–H groups in total. The molecule has 31 heavy (non-hydrogen) atoms. The van der Waals surface area contributed by atoms with Crippen LogP contribution in [-0.4, -0.2) is 40.9 Å². The van der Waals surface area contributed by atoms with Crippen LogP contribution in [0.1, 0.15) is 57.6 Å². The fourth-order valence-electron chi connectivity index (χ4n) is 4.21. The number of aromatic nitrogens is 2. The summed E-state index contributed by atoms with van der Waals surface area (Å²) in [5.41, 5.74) is 1.83. The van der Waals surface area contributed by atoms with Gasteiger partial charge < -0.3 is 20.3 Å². The van der Waals surface area contributed by atoms with Crippen molar-refractivity contribution in [3.8, 4) is 0 Å². The summed E-state index contributed by atoms with van der Waals surface area (Å²) in [6.45, 7) is 4.34. The SMILES string of the molecule is CC(C)NC(=O)O[C@H]1CC[C@@H](c2cc(Nc3ccc(N4CCCC4=O)c(F)c3)n[nH]2)C1. The Morgan fingerprint density at radius 3 is 2.87 bits per heavy atom. The summed E-state index contributed by atoms with van der Waals surface area (Å²) in [5.74, 6) is 0.324. The van der Waals surface area contributed by atoms with E-state index in [1.807, 2.05) is 19.9 Å². The molecule has 1 aromatic carbocycles. The molecule has 166 valence electrons. The molecule has 2 amide bonds. The summed E-state index contributed by atoms with van der Waals surface area (Å²) in [6, 6.07) is 6.68. The number of nitrogens with one attached hydrogen (secondary N) is 3. The Hall–Kier alpha value is -3.10. The van der Waals surface area contributed by atoms with Crippen LogP contribution in [0.3, 0.4) is 0 Å². The number of anilines is 3. The maximum atomic E-state index is 14.5. The number of benzene rings is 1. The van der Waals surface area contributed by atoms with Crippen LogP contribution >= 0.6 is 0 Å². The van der Waals surface area contributed by atoms with E-state index in [1.54, 1.807) is 12.1 Å². The maximum absolute atomic E-state index is 14.5.